The first kappa shape index (κ1) is 19.2. The minimum absolute atomic E-state index is 0.0914. The molecule has 2 aromatic heterocycles. The summed E-state index contributed by atoms with van der Waals surface area (Å²) in [7, 11) is 1.67. The number of rotatable bonds is 7. The van der Waals surface area contributed by atoms with Crippen LogP contribution in [0.4, 0.5) is 0 Å². The maximum atomic E-state index is 12.6. The number of fused-ring (bicyclic) bond motifs is 1. The third-order valence-electron chi connectivity index (χ3n) is 5.12. The van der Waals surface area contributed by atoms with E-state index in [4.69, 9.17) is 4.74 Å². The molecule has 0 radical (unpaired) electrons. The van der Waals surface area contributed by atoms with E-state index in [0.29, 0.717) is 13.1 Å². The number of nitrogens with zero attached hydrogens (tertiary/aromatic N) is 1. The van der Waals surface area contributed by atoms with Crippen LogP contribution in [-0.4, -0.2) is 37.6 Å². The highest BCUT2D eigenvalue weighted by atomic mass is 32.1. The van der Waals surface area contributed by atoms with Crippen molar-refractivity contribution in [1.82, 2.24) is 10.2 Å². The number of thiophene rings is 2. The lowest BCUT2D eigenvalue weighted by molar-refractivity contribution is -0.122. The summed E-state index contributed by atoms with van der Waals surface area (Å²) in [4.78, 5) is 17.7. The Morgan fingerprint density at radius 3 is 2.79 bits per heavy atom. The zero-order valence-electron chi connectivity index (χ0n) is 15.9. The van der Waals surface area contributed by atoms with E-state index >= 15 is 0 Å². The Kier molecular flexibility index (Phi) is 6.10. The topological polar surface area (TPSA) is 41.6 Å². The number of amides is 1. The second kappa shape index (κ2) is 8.90. The van der Waals surface area contributed by atoms with Crippen LogP contribution in [0.15, 0.2) is 53.2 Å². The van der Waals surface area contributed by atoms with E-state index in [0.717, 1.165) is 25.1 Å². The highest BCUT2D eigenvalue weighted by Crippen LogP contribution is 2.39. The molecule has 28 heavy (non-hydrogen) atoms. The van der Waals surface area contributed by atoms with Crippen molar-refractivity contribution in [2.75, 3.05) is 26.7 Å². The Hall–Kier alpha value is -2.15. The maximum absolute atomic E-state index is 12.6. The van der Waals surface area contributed by atoms with Gasteiger partial charge in [-0.25, -0.2) is 0 Å². The average Bonchev–Trinajstić information content (AvgIpc) is 3.40. The van der Waals surface area contributed by atoms with Gasteiger partial charge in [0.2, 0.25) is 5.91 Å². The number of ether oxygens (including phenoxy) is 1. The molecule has 1 atom stereocenters. The first-order valence-corrected chi connectivity index (χ1v) is 11.2. The van der Waals surface area contributed by atoms with Crippen molar-refractivity contribution in [3.05, 3.63) is 74.1 Å². The zero-order chi connectivity index (χ0) is 19.3. The molecule has 1 N–H and O–H groups in total. The summed E-state index contributed by atoms with van der Waals surface area (Å²) in [6, 6.07) is 14.7. The number of hydrogen-bond donors (Lipinski definition) is 1. The zero-order valence-corrected chi connectivity index (χ0v) is 17.5. The quantitative estimate of drug-likeness (QED) is 0.635. The summed E-state index contributed by atoms with van der Waals surface area (Å²) < 4.78 is 5.18. The molecule has 0 saturated heterocycles. The molecule has 4 rings (SSSR count). The predicted molar refractivity (Wildman–Crippen MR) is 115 cm³/mol. The minimum Gasteiger partial charge on any atom is -0.497 e. The van der Waals surface area contributed by atoms with Gasteiger partial charge in [0.05, 0.1) is 19.7 Å². The molecule has 0 saturated carbocycles. The van der Waals surface area contributed by atoms with Crippen LogP contribution < -0.4 is 10.1 Å². The molecule has 6 heteroatoms. The standard InChI is InChI=1S/C22H24N2O2S2/c1-26-17-6-4-16(5-7-17)8-11-23-21(25)15-24-12-9-19-18(10-14-28-19)22(24)20-3-2-13-27-20/h2-7,10,13-14,22H,8-9,11-12,15H2,1H3,(H,23,25)/t22-/m0/s1. The van der Waals surface area contributed by atoms with Gasteiger partial charge in [0.15, 0.2) is 0 Å². The first-order valence-electron chi connectivity index (χ1n) is 9.48. The third-order valence-corrected chi connectivity index (χ3v) is 7.04. The number of carbonyl (C=O) groups is 1. The molecule has 1 amide bonds. The van der Waals surface area contributed by atoms with Crippen LogP contribution in [0.3, 0.4) is 0 Å². The minimum atomic E-state index is 0.0914. The number of nitrogens with one attached hydrogen (secondary N) is 1. The normalized spacial score (nSPS) is 16.5. The average molecular weight is 413 g/mol. The smallest absolute Gasteiger partial charge is 0.234 e. The van der Waals surface area contributed by atoms with Crippen LogP contribution in [-0.2, 0) is 17.6 Å². The molecule has 0 bridgehead atoms. The molecule has 1 aliphatic heterocycles. The van der Waals surface area contributed by atoms with Crippen LogP contribution in [0.25, 0.3) is 0 Å². The Balaban J connectivity index is 1.35. The van der Waals surface area contributed by atoms with E-state index in [2.05, 4.69) is 39.2 Å². The Morgan fingerprint density at radius 2 is 2.04 bits per heavy atom. The van der Waals surface area contributed by atoms with E-state index < -0.39 is 0 Å². The van der Waals surface area contributed by atoms with Crippen LogP contribution >= 0.6 is 22.7 Å². The van der Waals surface area contributed by atoms with Crippen molar-refractivity contribution in [2.45, 2.75) is 18.9 Å². The van der Waals surface area contributed by atoms with Gasteiger partial charge in [0, 0.05) is 22.8 Å². The highest BCUT2D eigenvalue weighted by molar-refractivity contribution is 7.10. The molecule has 3 heterocycles. The predicted octanol–water partition coefficient (Wildman–Crippen LogP) is 4.12. The molecule has 0 aliphatic carbocycles. The van der Waals surface area contributed by atoms with E-state index in [-0.39, 0.29) is 11.9 Å². The number of benzene rings is 1. The fourth-order valence-electron chi connectivity index (χ4n) is 3.70. The van der Waals surface area contributed by atoms with Crippen molar-refractivity contribution in [1.29, 1.82) is 0 Å². The van der Waals surface area contributed by atoms with Gasteiger partial charge >= 0.3 is 0 Å². The summed E-state index contributed by atoms with van der Waals surface area (Å²) in [6.45, 7) is 1.99. The third kappa shape index (κ3) is 4.29. The van der Waals surface area contributed by atoms with E-state index in [1.807, 2.05) is 35.6 Å². The lowest BCUT2D eigenvalue weighted by Gasteiger charge is -2.34. The molecule has 4 nitrogen and oxygen atoms in total. The molecule has 3 aromatic rings. The molecular formula is C22H24N2O2S2. The Bertz CT molecular complexity index is 903. The highest BCUT2D eigenvalue weighted by Gasteiger charge is 2.31. The van der Waals surface area contributed by atoms with Crippen LogP contribution in [0.2, 0.25) is 0 Å². The second-order valence-corrected chi connectivity index (χ2v) is 8.87. The number of methoxy groups -OCH3 is 1. The van der Waals surface area contributed by atoms with Gasteiger partial charge < -0.3 is 10.1 Å². The molecule has 1 aromatic carbocycles. The fourth-order valence-corrected chi connectivity index (χ4v) is 5.48. The lowest BCUT2D eigenvalue weighted by atomic mass is 9.98. The number of carbonyl (C=O) groups excluding carboxylic acids is 1. The van der Waals surface area contributed by atoms with Gasteiger partial charge in [0.25, 0.3) is 0 Å². The molecule has 146 valence electrons. The summed E-state index contributed by atoms with van der Waals surface area (Å²) >= 11 is 3.60. The lowest BCUT2D eigenvalue weighted by Crippen LogP contribution is -2.42. The maximum Gasteiger partial charge on any atom is 0.234 e. The van der Waals surface area contributed by atoms with Gasteiger partial charge in [-0.3, -0.25) is 9.69 Å². The molecule has 0 unspecified atom stereocenters. The largest absolute Gasteiger partial charge is 0.497 e. The van der Waals surface area contributed by atoms with Gasteiger partial charge in [-0.2, -0.15) is 0 Å². The van der Waals surface area contributed by atoms with Crippen molar-refractivity contribution in [3.8, 4) is 5.75 Å². The van der Waals surface area contributed by atoms with E-state index in [1.165, 1.54) is 20.9 Å². The fraction of sp³-hybridized carbons (Fsp3) is 0.318. The second-order valence-electron chi connectivity index (χ2n) is 6.89. The van der Waals surface area contributed by atoms with Gasteiger partial charge in [-0.05, 0) is 59.0 Å². The Morgan fingerprint density at radius 1 is 1.18 bits per heavy atom. The van der Waals surface area contributed by atoms with Crippen LogP contribution in [0.5, 0.6) is 5.75 Å². The monoisotopic (exact) mass is 412 g/mol. The summed E-state index contributed by atoms with van der Waals surface area (Å²) in [6.07, 6.45) is 1.84. The summed E-state index contributed by atoms with van der Waals surface area (Å²) in [5.74, 6) is 0.944. The summed E-state index contributed by atoms with van der Waals surface area (Å²) in [5, 5.41) is 7.37. The van der Waals surface area contributed by atoms with E-state index in [1.54, 1.807) is 18.4 Å². The molecular weight excluding hydrogens is 388 g/mol. The van der Waals surface area contributed by atoms with E-state index in [9.17, 15) is 4.79 Å². The molecule has 0 fully saturated rings. The SMILES string of the molecule is COc1ccc(CCNC(=O)CN2CCc3sccc3[C@H]2c2cccs2)cc1. The Labute approximate surface area is 173 Å². The van der Waals surface area contributed by atoms with Crippen molar-refractivity contribution in [3.63, 3.8) is 0 Å². The van der Waals surface area contributed by atoms with Crippen LogP contribution in [0.1, 0.15) is 26.9 Å². The summed E-state index contributed by atoms with van der Waals surface area (Å²) in [5.41, 5.74) is 2.56. The van der Waals surface area contributed by atoms with Gasteiger partial charge in [0.1, 0.15) is 5.75 Å². The molecule has 0 spiro atoms. The van der Waals surface area contributed by atoms with Crippen molar-refractivity contribution >= 4 is 28.6 Å². The van der Waals surface area contributed by atoms with Gasteiger partial charge in [-0.15, -0.1) is 22.7 Å². The van der Waals surface area contributed by atoms with Crippen molar-refractivity contribution < 1.29 is 9.53 Å². The van der Waals surface area contributed by atoms with Crippen LogP contribution in [0, 0.1) is 0 Å². The van der Waals surface area contributed by atoms with Crippen molar-refractivity contribution in [2.24, 2.45) is 0 Å². The molecule has 1 aliphatic rings. The first-order chi connectivity index (χ1) is 13.7. The number of hydrogen-bond acceptors (Lipinski definition) is 5. The van der Waals surface area contributed by atoms with Gasteiger partial charge in [-0.1, -0.05) is 18.2 Å².